The van der Waals surface area contributed by atoms with E-state index in [9.17, 15) is 9.59 Å². The Balaban J connectivity index is 2.30. The Labute approximate surface area is 108 Å². The lowest BCUT2D eigenvalue weighted by Crippen LogP contribution is -2.52. The van der Waals surface area contributed by atoms with Crippen LogP contribution in [-0.4, -0.2) is 74.2 Å². The van der Waals surface area contributed by atoms with E-state index in [2.05, 4.69) is 0 Å². The van der Waals surface area contributed by atoms with Gasteiger partial charge >= 0.3 is 0 Å². The van der Waals surface area contributed by atoms with E-state index >= 15 is 0 Å². The van der Waals surface area contributed by atoms with Crippen LogP contribution in [0.2, 0.25) is 0 Å². The number of ether oxygens (including phenoxy) is 2. The summed E-state index contributed by atoms with van der Waals surface area (Å²) < 4.78 is 10.1. The van der Waals surface area contributed by atoms with Gasteiger partial charge in [-0.05, 0) is 13.8 Å². The number of hydrogen-bond acceptors (Lipinski definition) is 4. The number of amides is 2. The number of piperazine rings is 1. The van der Waals surface area contributed by atoms with Gasteiger partial charge in [-0.15, -0.1) is 0 Å². The van der Waals surface area contributed by atoms with Gasteiger partial charge in [0.15, 0.2) is 0 Å². The minimum Gasteiger partial charge on any atom is -0.375 e. The third kappa shape index (κ3) is 4.62. The summed E-state index contributed by atoms with van der Waals surface area (Å²) in [5.41, 5.74) is 0. The van der Waals surface area contributed by atoms with E-state index < -0.39 is 0 Å². The van der Waals surface area contributed by atoms with Crippen molar-refractivity contribution >= 4 is 11.8 Å². The van der Waals surface area contributed by atoms with Crippen molar-refractivity contribution in [2.24, 2.45) is 0 Å². The summed E-state index contributed by atoms with van der Waals surface area (Å²) in [5.74, 6) is -0.0365. The summed E-state index contributed by atoms with van der Waals surface area (Å²) in [6, 6.07) is 0. The van der Waals surface area contributed by atoms with Crippen molar-refractivity contribution in [3.05, 3.63) is 0 Å². The molecular weight excluding hydrogens is 236 g/mol. The zero-order valence-corrected chi connectivity index (χ0v) is 11.3. The molecule has 18 heavy (non-hydrogen) atoms. The van der Waals surface area contributed by atoms with E-state index in [0.717, 1.165) is 0 Å². The van der Waals surface area contributed by atoms with Gasteiger partial charge in [0.1, 0.15) is 13.2 Å². The van der Waals surface area contributed by atoms with E-state index in [4.69, 9.17) is 9.47 Å². The predicted molar refractivity (Wildman–Crippen MR) is 66.1 cm³/mol. The highest BCUT2D eigenvalue weighted by Crippen LogP contribution is 2.03. The third-order valence-corrected chi connectivity index (χ3v) is 2.79. The van der Waals surface area contributed by atoms with Crippen LogP contribution >= 0.6 is 0 Å². The van der Waals surface area contributed by atoms with Crippen molar-refractivity contribution in [2.75, 3.05) is 46.5 Å². The van der Waals surface area contributed by atoms with Crippen molar-refractivity contribution in [1.82, 2.24) is 9.80 Å². The van der Waals surface area contributed by atoms with E-state index in [-0.39, 0.29) is 31.1 Å². The Morgan fingerprint density at radius 1 is 1.00 bits per heavy atom. The maximum absolute atomic E-state index is 11.8. The number of nitrogens with zero attached hydrogens (tertiary/aromatic N) is 2. The van der Waals surface area contributed by atoms with Crippen molar-refractivity contribution < 1.29 is 19.1 Å². The summed E-state index contributed by atoms with van der Waals surface area (Å²) >= 11 is 0. The topological polar surface area (TPSA) is 59.1 Å². The molecule has 2 amide bonds. The van der Waals surface area contributed by atoms with Crippen molar-refractivity contribution in [1.29, 1.82) is 0 Å². The Morgan fingerprint density at radius 2 is 1.44 bits per heavy atom. The highest BCUT2D eigenvalue weighted by molar-refractivity contribution is 5.79. The molecule has 0 spiro atoms. The maximum atomic E-state index is 11.8. The van der Waals surface area contributed by atoms with E-state index in [1.165, 1.54) is 7.11 Å². The zero-order valence-electron chi connectivity index (χ0n) is 11.3. The van der Waals surface area contributed by atoms with E-state index in [0.29, 0.717) is 26.2 Å². The molecule has 1 rings (SSSR count). The van der Waals surface area contributed by atoms with Crippen molar-refractivity contribution in [3.63, 3.8) is 0 Å². The fourth-order valence-corrected chi connectivity index (χ4v) is 1.75. The first-order chi connectivity index (χ1) is 8.54. The average Bonchev–Trinajstić information content (AvgIpc) is 2.36. The lowest BCUT2D eigenvalue weighted by atomic mass is 10.3. The van der Waals surface area contributed by atoms with Gasteiger partial charge in [-0.2, -0.15) is 0 Å². The van der Waals surface area contributed by atoms with Crippen molar-refractivity contribution in [3.8, 4) is 0 Å². The lowest BCUT2D eigenvalue weighted by Gasteiger charge is -2.34. The van der Waals surface area contributed by atoms with Crippen LogP contribution in [0.5, 0.6) is 0 Å². The molecule has 0 unspecified atom stereocenters. The predicted octanol–water partition coefficient (Wildman–Crippen LogP) is -0.271. The van der Waals surface area contributed by atoms with Gasteiger partial charge in [-0.1, -0.05) is 0 Å². The summed E-state index contributed by atoms with van der Waals surface area (Å²) in [4.78, 5) is 26.8. The van der Waals surface area contributed by atoms with Gasteiger partial charge < -0.3 is 19.3 Å². The molecule has 0 bridgehead atoms. The molecule has 104 valence electrons. The van der Waals surface area contributed by atoms with Crippen LogP contribution in [0.1, 0.15) is 13.8 Å². The minimum atomic E-state index is -0.0250. The van der Waals surface area contributed by atoms with Gasteiger partial charge in [0.25, 0.3) is 0 Å². The SMILES string of the molecule is COCC(=O)N1CCN(C(=O)COC(C)C)CC1. The fraction of sp³-hybridized carbons (Fsp3) is 0.833. The van der Waals surface area contributed by atoms with Gasteiger partial charge in [-0.25, -0.2) is 0 Å². The molecule has 0 aliphatic carbocycles. The van der Waals surface area contributed by atoms with Gasteiger partial charge in [0.05, 0.1) is 6.10 Å². The molecule has 0 N–H and O–H groups in total. The lowest BCUT2D eigenvalue weighted by molar-refractivity contribution is -0.144. The first-order valence-corrected chi connectivity index (χ1v) is 6.20. The monoisotopic (exact) mass is 258 g/mol. The Kier molecular flexibility index (Phi) is 6.07. The molecule has 0 aromatic rings. The van der Waals surface area contributed by atoms with Crippen LogP contribution in [0, 0.1) is 0 Å². The van der Waals surface area contributed by atoms with Gasteiger partial charge in [0.2, 0.25) is 11.8 Å². The third-order valence-electron chi connectivity index (χ3n) is 2.79. The molecule has 1 aliphatic rings. The summed E-state index contributed by atoms with van der Waals surface area (Å²) in [6.45, 7) is 6.27. The number of carbonyl (C=O) groups is 2. The number of carbonyl (C=O) groups excluding carboxylic acids is 2. The van der Waals surface area contributed by atoms with Crippen LogP contribution in [0.15, 0.2) is 0 Å². The molecule has 0 atom stereocenters. The zero-order chi connectivity index (χ0) is 13.5. The smallest absolute Gasteiger partial charge is 0.248 e. The van der Waals surface area contributed by atoms with E-state index in [1.54, 1.807) is 9.80 Å². The maximum Gasteiger partial charge on any atom is 0.248 e. The van der Waals surface area contributed by atoms with Crippen LogP contribution < -0.4 is 0 Å². The molecule has 1 saturated heterocycles. The second-order valence-electron chi connectivity index (χ2n) is 4.55. The Hall–Kier alpha value is -1.14. The Morgan fingerprint density at radius 3 is 1.83 bits per heavy atom. The molecule has 0 saturated carbocycles. The van der Waals surface area contributed by atoms with Gasteiger partial charge in [0, 0.05) is 33.3 Å². The molecule has 1 fully saturated rings. The normalized spacial score (nSPS) is 16.2. The molecule has 6 heteroatoms. The fourth-order valence-electron chi connectivity index (χ4n) is 1.75. The van der Waals surface area contributed by atoms with Crippen LogP contribution in [0.3, 0.4) is 0 Å². The standard InChI is InChI=1S/C12H22N2O4/c1-10(2)18-9-12(16)14-6-4-13(5-7-14)11(15)8-17-3/h10H,4-9H2,1-3H3. The molecule has 1 heterocycles. The molecule has 0 aromatic carbocycles. The average molecular weight is 258 g/mol. The molecule has 0 aromatic heterocycles. The summed E-state index contributed by atoms with van der Waals surface area (Å²) in [6.07, 6.45) is 0.0542. The number of hydrogen-bond donors (Lipinski definition) is 0. The van der Waals surface area contributed by atoms with Crippen molar-refractivity contribution in [2.45, 2.75) is 20.0 Å². The second kappa shape index (κ2) is 7.33. The number of rotatable bonds is 5. The van der Waals surface area contributed by atoms with Crippen LogP contribution in [-0.2, 0) is 19.1 Å². The summed E-state index contributed by atoms with van der Waals surface area (Å²) in [7, 11) is 1.50. The largest absolute Gasteiger partial charge is 0.375 e. The molecular formula is C12H22N2O4. The second-order valence-corrected chi connectivity index (χ2v) is 4.55. The minimum absolute atomic E-state index is 0.0115. The molecule has 6 nitrogen and oxygen atoms in total. The molecule has 1 aliphatic heterocycles. The van der Waals surface area contributed by atoms with Gasteiger partial charge in [-0.3, -0.25) is 9.59 Å². The summed E-state index contributed by atoms with van der Waals surface area (Å²) in [5, 5.41) is 0. The highest BCUT2D eigenvalue weighted by Gasteiger charge is 2.23. The number of methoxy groups -OCH3 is 1. The first kappa shape index (κ1) is 14.9. The Bertz CT molecular complexity index is 286. The van der Waals surface area contributed by atoms with E-state index in [1.807, 2.05) is 13.8 Å². The van der Waals surface area contributed by atoms with Crippen LogP contribution in [0.4, 0.5) is 0 Å². The first-order valence-electron chi connectivity index (χ1n) is 6.20. The van der Waals surface area contributed by atoms with Crippen LogP contribution in [0.25, 0.3) is 0 Å². The highest BCUT2D eigenvalue weighted by atomic mass is 16.5. The quantitative estimate of drug-likeness (QED) is 0.681. The molecule has 0 radical (unpaired) electrons.